The van der Waals surface area contributed by atoms with Gasteiger partial charge in [-0.05, 0) is 24.3 Å². The van der Waals surface area contributed by atoms with Gasteiger partial charge in [-0.15, -0.1) is 0 Å². The van der Waals surface area contributed by atoms with E-state index in [0.29, 0.717) is 17.2 Å². The van der Waals surface area contributed by atoms with Gasteiger partial charge < -0.3 is 14.4 Å². The maximum atomic E-state index is 14.0. The minimum absolute atomic E-state index is 0.0129. The van der Waals surface area contributed by atoms with Crippen LogP contribution in [0.2, 0.25) is 0 Å². The number of ether oxygens (including phenoxy) is 2. The Morgan fingerprint density at radius 3 is 2.33 bits per heavy atom. The first-order valence-electron chi connectivity index (χ1n) is 6.32. The minimum Gasteiger partial charge on any atom is -0.497 e. The summed E-state index contributed by atoms with van der Waals surface area (Å²) in [6.07, 6.45) is 0. The zero-order valence-corrected chi connectivity index (χ0v) is 12.1. The molecule has 0 heterocycles. The van der Waals surface area contributed by atoms with Crippen molar-refractivity contribution < 1.29 is 18.7 Å². The third-order valence-corrected chi connectivity index (χ3v) is 3.15. The van der Waals surface area contributed by atoms with Crippen LogP contribution in [0.3, 0.4) is 0 Å². The van der Waals surface area contributed by atoms with Crippen LogP contribution in [0.5, 0.6) is 11.5 Å². The Hall–Kier alpha value is -2.56. The quantitative estimate of drug-likeness (QED) is 0.868. The van der Waals surface area contributed by atoms with Gasteiger partial charge >= 0.3 is 0 Å². The van der Waals surface area contributed by atoms with Crippen LogP contribution in [0.15, 0.2) is 42.5 Å². The Morgan fingerprint density at radius 1 is 1.05 bits per heavy atom. The maximum absolute atomic E-state index is 14.0. The van der Waals surface area contributed by atoms with Crippen molar-refractivity contribution in [3.63, 3.8) is 0 Å². The fraction of sp³-hybridized carbons (Fsp3) is 0.188. The minimum atomic E-state index is -0.617. The molecule has 0 atom stereocenters. The van der Waals surface area contributed by atoms with E-state index in [-0.39, 0.29) is 5.56 Å². The number of carbonyl (C=O) groups is 1. The second-order valence-corrected chi connectivity index (χ2v) is 4.41. The smallest absolute Gasteiger partial charge is 0.260 e. The molecule has 5 heteroatoms. The number of benzene rings is 2. The molecule has 0 N–H and O–H groups in total. The van der Waals surface area contributed by atoms with E-state index in [2.05, 4.69) is 0 Å². The summed E-state index contributed by atoms with van der Waals surface area (Å²) >= 11 is 0. The Balaban J connectivity index is 2.30. The molecule has 0 aliphatic rings. The summed E-state index contributed by atoms with van der Waals surface area (Å²) in [4.78, 5) is 13.7. The van der Waals surface area contributed by atoms with Crippen molar-refractivity contribution in [3.05, 3.63) is 53.8 Å². The highest BCUT2D eigenvalue weighted by molar-refractivity contribution is 6.06. The Labute approximate surface area is 122 Å². The highest BCUT2D eigenvalue weighted by atomic mass is 19.1. The van der Waals surface area contributed by atoms with Gasteiger partial charge in [0.2, 0.25) is 0 Å². The molecule has 0 aliphatic heterocycles. The number of hydrogen-bond acceptors (Lipinski definition) is 3. The van der Waals surface area contributed by atoms with E-state index in [4.69, 9.17) is 9.47 Å². The summed E-state index contributed by atoms with van der Waals surface area (Å²) < 4.78 is 24.0. The van der Waals surface area contributed by atoms with E-state index in [9.17, 15) is 9.18 Å². The van der Waals surface area contributed by atoms with E-state index < -0.39 is 11.7 Å². The van der Waals surface area contributed by atoms with Gasteiger partial charge in [0.25, 0.3) is 5.91 Å². The molecule has 4 nitrogen and oxygen atoms in total. The summed E-state index contributed by atoms with van der Waals surface area (Å²) in [5.41, 5.74) is 0.607. The molecule has 1 amide bonds. The van der Waals surface area contributed by atoms with E-state index in [1.54, 1.807) is 44.5 Å². The second kappa shape index (κ2) is 6.26. The average molecular weight is 289 g/mol. The first kappa shape index (κ1) is 14.8. The fourth-order valence-electron chi connectivity index (χ4n) is 1.91. The molecule has 0 saturated heterocycles. The summed E-state index contributed by atoms with van der Waals surface area (Å²) in [6.45, 7) is 0. The lowest BCUT2D eigenvalue weighted by atomic mass is 10.1. The summed E-state index contributed by atoms with van der Waals surface area (Å²) in [6, 6.07) is 11.1. The molecule has 0 aromatic heterocycles. The monoisotopic (exact) mass is 289 g/mol. The number of anilines is 1. The highest BCUT2D eigenvalue weighted by Gasteiger charge is 2.18. The standard InChI is InChI=1S/C16H16FNO3/c1-18(11-5-4-6-12(9-11)20-2)16(19)14-8-7-13(21-3)10-15(14)17/h4-10H,1-3H3. The van der Waals surface area contributed by atoms with Crippen molar-refractivity contribution in [2.24, 2.45) is 0 Å². The van der Waals surface area contributed by atoms with Crippen molar-refractivity contribution in [3.8, 4) is 11.5 Å². The van der Waals surface area contributed by atoms with Crippen LogP contribution in [-0.4, -0.2) is 27.2 Å². The lowest BCUT2D eigenvalue weighted by Crippen LogP contribution is -2.27. The molecule has 21 heavy (non-hydrogen) atoms. The van der Waals surface area contributed by atoms with Gasteiger partial charge in [0.1, 0.15) is 17.3 Å². The summed E-state index contributed by atoms with van der Waals surface area (Å²) in [5.74, 6) is -0.0621. The van der Waals surface area contributed by atoms with E-state index >= 15 is 0 Å². The number of hydrogen-bond donors (Lipinski definition) is 0. The molecule has 0 bridgehead atoms. The molecule has 0 radical (unpaired) electrons. The molecule has 0 unspecified atom stereocenters. The first-order valence-corrected chi connectivity index (χ1v) is 6.32. The van der Waals surface area contributed by atoms with Gasteiger partial charge in [-0.3, -0.25) is 4.79 Å². The largest absolute Gasteiger partial charge is 0.497 e. The third-order valence-electron chi connectivity index (χ3n) is 3.15. The zero-order chi connectivity index (χ0) is 15.4. The molecule has 0 saturated carbocycles. The van der Waals surface area contributed by atoms with Crippen molar-refractivity contribution in [2.45, 2.75) is 0 Å². The Bertz CT molecular complexity index is 658. The van der Waals surface area contributed by atoms with Gasteiger partial charge in [0, 0.05) is 24.9 Å². The summed E-state index contributed by atoms with van der Waals surface area (Å²) in [5, 5.41) is 0. The normalized spacial score (nSPS) is 10.1. The Kier molecular flexibility index (Phi) is 4.42. The van der Waals surface area contributed by atoms with Gasteiger partial charge in [0.15, 0.2) is 0 Å². The van der Waals surface area contributed by atoms with Crippen LogP contribution >= 0.6 is 0 Å². The Morgan fingerprint density at radius 2 is 1.71 bits per heavy atom. The van der Waals surface area contributed by atoms with E-state index in [1.165, 1.54) is 24.1 Å². The lowest BCUT2D eigenvalue weighted by molar-refractivity contribution is 0.0989. The van der Waals surface area contributed by atoms with Gasteiger partial charge in [-0.1, -0.05) is 6.07 Å². The van der Waals surface area contributed by atoms with Gasteiger partial charge in [-0.2, -0.15) is 0 Å². The van der Waals surface area contributed by atoms with Crippen molar-refractivity contribution >= 4 is 11.6 Å². The van der Waals surface area contributed by atoms with Crippen LogP contribution in [0, 0.1) is 5.82 Å². The molecule has 2 aromatic carbocycles. The molecule has 2 aromatic rings. The second-order valence-electron chi connectivity index (χ2n) is 4.41. The van der Waals surface area contributed by atoms with Crippen molar-refractivity contribution in [2.75, 3.05) is 26.2 Å². The number of methoxy groups -OCH3 is 2. The van der Waals surface area contributed by atoms with Crippen LogP contribution in [0.1, 0.15) is 10.4 Å². The predicted octanol–water partition coefficient (Wildman–Crippen LogP) is 3.12. The van der Waals surface area contributed by atoms with Gasteiger partial charge in [-0.25, -0.2) is 4.39 Å². The first-order chi connectivity index (χ1) is 10.1. The molecule has 0 aliphatic carbocycles. The molecular formula is C16H16FNO3. The van der Waals surface area contributed by atoms with Crippen LogP contribution < -0.4 is 14.4 Å². The van der Waals surface area contributed by atoms with Gasteiger partial charge in [0.05, 0.1) is 19.8 Å². The van der Waals surface area contributed by atoms with Crippen molar-refractivity contribution in [1.29, 1.82) is 0 Å². The molecule has 110 valence electrons. The average Bonchev–Trinajstić information content (AvgIpc) is 2.53. The van der Waals surface area contributed by atoms with Crippen LogP contribution in [0.4, 0.5) is 10.1 Å². The number of carbonyl (C=O) groups excluding carboxylic acids is 1. The topological polar surface area (TPSA) is 38.8 Å². The highest BCUT2D eigenvalue weighted by Crippen LogP contribution is 2.23. The zero-order valence-electron chi connectivity index (χ0n) is 12.1. The summed E-state index contributed by atoms with van der Waals surface area (Å²) in [7, 11) is 4.57. The number of halogens is 1. The third kappa shape index (κ3) is 3.13. The SMILES string of the molecule is COc1cccc(N(C)C(=O)c2ccc(OC)cc2F)c1. The van der Waals surface area contributed by atoms with E-state index in [1.807, 2.05) is 0 Å². The van der Waals surface area contributed by atoms with Crippen molar-refractivity contribution in [1.82, 2.24) is 0 Å². The lowest BCUT2D eigenvalue weighted by Gasteiger charge is -2.18. The number of rotatable bonds is 4. The number of amides is 1. The molecular weight excluding hydrogens is 273 g/mol. The molecule has 0 spiro atoms. The van der Waals surface area contributed by atoms with Crippen LogP contribution in [0.25, 0.3) is 0 Å². The fourth-order valence-corrected chi connectivity index (χ4v) is 1.91. The number of nitrogens with zero attached hydrogens (tertiary/aromatic N) is 1. The molecule has 2 rings (SSSR count). The maximum Gasteiger partial charge on any atom is 0.260 e. The molecule has 0 fully saturated rings. The van der Waals surface area contributed by atoms with E-state index in [0.717, 1.165) is 0 Å². The van der Waals surface area contributed by atoms with Crippen LogP contribution in [-0.2, 0) is 0 Å². The predicted molar refractivity (Wildman–Crippen MR) is 78.7 cm³/mol.